The second-order valence-electron chi connectivity index (χ2n) is 6.55. The zero-order chi connectivity index (χ0) is 18.9. The molecule has 0 bridgehead atoms. The average Bonchev–Trinajstić information content (AvgIpc) is 3.30. The van der Waals surface area contributed by atoms with Crippen LogP contribution in [0.1, 0.15) is 24.4 Å². The van der Waals surface area contributed by atoms with E-state index in [-0.39, 0.29) is 10.3 Å². The molecule has 1 aromatic heterocycles. The number of hydrogen-bond donors (Lipinski definition) is 1. The van der Waals surface area contributed by atoms with E-state index in [2.05, 4.69) is 21.8 Å². The molecule has 146 valence electrons. The minimum atomic E-state index is -3.50. The Kier molecular flexibility index (Phi) is 5.61. The smallest absolute Gasteiger partial charge is 0.250 e. The highest BCUT2D eigenvalue weighted by molar-refractivity contribution is 7.91. The highest BCUT2D eigenvalue weighted by Gasteiger charge is 2.27. The van der Waals surface area contributed by atoms with Crippen LogP contribution in [0.3, 0.4) is 0 Å². The lowest BCUT2D eigenvalue weighted by Gasteiger charge is -2.26. The van der Waals surface area contributed by atoms with E-state index < -0.39 is 10.0 Å². The van der Waals surface area contributed by atoms with Gasteiger partial charge in [-0.25, -0.2) is 13.1 Å². The van der Waals surface area contributed by atoms with Crippen LogP contribution in [0.5, 0.6) is 11.5 Å². The quantitative estimate of drug-likeness (QED) is 0.764. The molecular weight excluding hydrogens is 408 g/mol. The first kappa shape index (κ1) is 19.0. The van der Waals surface area contributed by atoms with Crippen LogP contribution < -0.4 is 14.2 Å². The largest absolute Gasteiger partial charge is 0.486 e. The lowest BCUT2D eigenvalue weighted by molar-refractivity contribution is 0.170. The summed E-state index contributed by atoms with van der Waals surface area (Å²) in [6, 6.07) is 9.48. The number of benzene rings is 1. The van der Waals surface area contributed by atoms with Crippen LogP contribution in [0, 0.1) is 0 Å². The number of sulfonamides is 1. The SMILES string of the molecule is O=S(=O)(NCCN1CCCC1c1ccc2c(c1)OCCO2)c1ccc(Cl)s1. The molecule has 1 atom stereocenters. The van der Waals surface area contributed by atoms with Crippen LogP contribution >= 0.6 is 22.9 Å². The van der Waals surface area contributed by atoms with Crippen molar-refractivity contribution < 1.29 is 17.9 Å². The molecule has 2 aliphatic heterocycles. The van der Waals surface area contributed by atoms with Crippen molar-refractivity contribution in [3.8, 4) is 11.5 Å². The molecule has 0 saturated carbocycles. The summed E-state index contributed by atoms with van der Waals surface area (Å²) in [5.41, 5.74) is 1.18. The number of rotatable bonds is 6. The third-order valence-corrected chi connectivity index (χ3v) is 8.00. The molecule has 0 amide bonds. The van der Waals surface area contributed by atoms with Crippen LogP contribution in [-0.4, -0.2) is 46.2 Å². The van der Waals surface area contributed by atoms with Crippen molar-refractivity contribution in [2.75, 3.05) is 32.8 Å². The Morgan fingerprint density at radius 2 is 2.00 bits per heavy atom. The Bertz CT molecular complexity index is 916. The Balaban J connectivity index is 1.39. The average molecular weight is 429 g/mol. The highest BCUT2D eigenvalue weighted by Crippen LogP contribution is 2.37. The van der Waals surface area contributed by atoms with E-state index >= 15 is 0 Å². The molecule has 27 heavy (non-hydrogen) atoms. The lowest BCUT2D eigenvalue weighted by atomic mass is 10.0. The van der Waals surface area contributed by atoms with Crippen LogP contribution in [-0.2, 0) is 10.0 Å². The van der Waals surface area contributed by atoms with Gasteiger partial charge in [-0.05, 0) is 49.2 Å². The molecule has 0 spiro atoms. The summed E-state index contributed by atoms with van der Waals surface area (Å²) in [4.78, 5) is 2.31. The normalized spacial score (nSPS) is 20.1. The van der Waals surface area contributed by atoms with Gasteiger partial charge in [0.15, 0.2) is 11.5 Å². The Morgan fingerprint density at radius 1 is 1.19 bits per heavy atom. The van der Waals surface area contributed by atoms with E-state index in [1.807, 2.05) is 6.07 Å². The van der Waals surface area contributed by atoms with Gasteiger partial charge < -0.3 is 9.47 Å². The predicted molar refractivity (Wildman–Crippen MR) is 105 cm³/mol. The molecule has 1 saturated heterocycles. The third kappa shape index (κ3) is 4.25. The van der Waals surface area contributed by atoms with Gasteiger partial charge in [0.25, 0.3) is 0 Å². The molecule has 3 heterocycles. The van der Waals surface area contributed by atoms with E-state index in [1.54, 1.807) is 6.07 Å². The first-order valence-electron chi connectivity index (χ1n) is 8.91. The summed E-state index contributed by atoms with van der Waals surface area (Å²) < 4.78 is 39.3. The topological polar surface area (TPSA) is 67.9 Å². The van der Waals surface area contributed by atoms with Crippen molar-refractivity contribution in [2.24, 2.45) is 0 Å². The van der Waals surface area contributed by atoms with Gasteiger partial charge >= 0.3 is 0 Å². The molecule has 6 nitrogen and oxygen atoms in total. The number of hydrogen-bond acceptors (Lipinski definition) is 6. The number of nitrogens with one attached hydrogen (secondary N) is 1. The molecular formula is C18H21ClN2O4S2. The summed E-state index contributed by atoms with van der Waals surface area (Å²) >= 11 is 6.90. The van der Waals surface area contributed by atoms with Crippen molar-refractivity contribution in [3.63, 3.8) is 0 Å². The molecule has 2 aromatic rings. The van der Waals surface area contributed by atoms with Crippen LogP contribution in [0.25, 0.3) is 0 Å². The number of nitrogens with zero attached hydrogens (tertiary/aromatic N) is 1. The van der Waals surface area contributed by atoms with Crippen molar-refractivity contribution >= 4 is 33.0 Å². The van der Waals surface area contributed by atoms with Gasteiger partial charge in [0.2, 0.25) is 10.0 Å². The van der Waals surface area contributed by atoms with Gasteiger partial charge in [0, 0.05) is 19.1 Å². The maximum absolute atomic E-state index is 12.3. The Morgan fingerprint density at radius 3 is 2.78 bits per heavy atom. The number of likely N-dealkylation sites (tertiary alicyclic amines) is 1. The molecule has 1 aromatic carbocycles. The van der Waals surface area contributed by atoms with Gasteiger partial charge in [-0.3, -0.25) is 4.90 Å². The highest BCUT2D eigenvalue weighted by atomic mass is 35.5. The predicted octanol–water partition coefficient (Wildman–Crippen LogP) is 3.29. The zero-order valence-corrected chi connectivity index (χ0v) is 17.1. The number of halogens is 1. The van der Waals surface area contributed by atoms with Crippen LogP contribution in [0.4, 0.5) is 0 Å². The lowest BCUT2D eigenvalue weighted by Crippen LogP contribution is -2.34. The van der Waals surface area contributed by atoms with Gasteiger partial charge in [0.05, 0.1) is 4.34 Å². The molecule has 0 radical (unpaired) electrons. The third-order valence-electron chi connectivity index (χ3n) is 4.82. The fourth-order valence-corrected chi connectivity index (χ4v) is 6.12. The molecule has 4 rings (SSSR count). The Labute approximate surface area is 168 Å². The van der Waals surface area contributed by atoms with E-state index in [4.69, 9.17) is 21.1 Å². The summed E-state index contributed by atoms with van der Waals surface area (Å²) in [5, 5.41) is 0. The minimum absolute atomic E-state index is 0.248. The molecule has 0 aliphatic carbocycles. The van der Waals surface area contributed by atoms with Gasteiger partial charge in [-0.15, -0.1) is 11.3 Å². The number of thiophene rings is 1. The molecule has 1 N–H and O–H groups in total. The summed E-state index contributed by atoms with van der Waals surface area (Å²) in [7, 11) is -3.50. The zero-order valence-electron chi connectivity index (χ0n) is 14.7. The molecule has 1 fully saturated rings. The van der Waals surface area contributed by atoms with Crippen LogP contribution in [0.2, 0.25) is 4.34 Å². The molecule has 9 heteroatoms. The molecule has 2 aliphatic rings. The summed E-state index contributed by atoms with van der Waals surface area (Å²) in [6.45, 7) is 3.11. The fraction of sp³-hybridized carbons (Fsp3) is 0.444. The van der Waals surface area contributed by atoms with Gasteiger partial charge in [-0.2, -0.15) is 0 Å². The maximum Gasteiger partial charge on any atom is 0.250 e. The second-order valence-corrected chi connectivity index (χ2v) is 10.3. The standard InChI is InChI=1S/C18H21ClN2O4S2/c19-17-5-6-18(26-17)27(22,23)20-7-9-21-8-1-2-14(21)13-3-4-15-16(12-13)25-11-10-24-15/h3-6,12,14,20H,1-2,7-11H2. The fourth-order valence-electron chi connectivity index (χ4n) is 3.58. The van der Waals surface area contributed by atoms with E-state index in [0.717, 1.165) is 42.2 Å². The van der Waals surface area contributed by atoms with E-state index in [9.17, 15) is 8.42 Å². The van der Waals surface area contributed by atoms with Gasteiger partial charge in [-0.1, -0.05) is 17.7 Å². The van der Waals surface area contributed by atoms with Crippen molar-refractivity contribution in [2.45, 2.75) is 23.1 Å². The van der Waals surface area contributed by atoms with E-state index in [0.29, 0.717) is 30.6 Å². The van der Waals surface area contributed by atoms with Crippen molar-refractivity contribution in [1.82, 2.24) is 9.62 Å². The van der Waals surface area contributed by atoms with Crippen molar-refractivity contribution in [3.05, 3.63) is 40.2 Å². The first-order valence-corrected chi connectivity index (χ1v) is 11.6. The number of fused-ring (bicyclic) bond motifs is 1. The minimum Gasteiger partial charge on any atom is -0.486 e. The first-order chi connectivity index (χ1) is 13.0. The maximum atomic E-state index is 12.3. The van der Waals surface area contributed by atoms with Crippen molar-refractivity contribution in [1.29, 1.82) is 0 Å². The monoisotopic (exact) mass is 428 g/mol. The van der Waals surface area contributed by atoms with Crippen LogP contribution in [0.15, 0.2) is 34.5 Å². The van der Waals surface area contributed by atoms with E-state index in [1.165, 1.54) is 11.6 Å². The summed E-state index contributed by atoms with van der Waals surface area (Å²) in [6.07, 6.45) is 2.14. The molecule has 1 unspecified atom stereocenters. The van der Waals surface area contributed by atoms with Gasteiger partial charge in [0.1, 0.15) is 17.4 Å². The number of ether oxygens (including phenoxy) is 2. The Hall–Kier alpha value is -1.32. The summed E-state index contributed by atoms with van der Waals surface area (Å²) in [5.74, 6) is 1.58. The second kappa shape index (κ2) is 7.97.